The molecule has 1 heterocycles. The number of ketones is 1. The van der Waals surface area contributed by atoms with Gasteiger partial charge in [-0.2, -0.15) is 0 Å². The Labute approximate surface area is 144 Å². The Morgan fingerprint density at radius 2 is 1.64 bits per heavy atom. The first kappa shape index (κ1) is 16.4. The lowest BCUT2D eigenvalue weighted by atomic mass is 10.1. The Balaban J connectivity index is 1.92. The minimum atomic E-state index is -0.812. The predicted molar refractivity (Wildman–Crippen MR) is 93.7 cm³/mol. The number of esters is 1. The maximum Gasteiger partial charge on any atom is 0.339 e. The number of carbonyl (C=O) groups is 3. The molecule has 25 heavy (non-hydrogen) atoms. The van der Waals surface area contributed by atoms with E-state index in [0.717, 1.165) is 5.52 Å². The van der Waals surface area contributed by atoms with Crippen LogP contribution in [0.3, 0.4) is 0 Å². The van der Waals surface area contributed by atoms with Crippen LogP contribution in [0.4, 0.5) is 5.69 Å². The van der Waals surface area contributed by atoms with Crippen molar-refractivity contribution in [2.75, 3.05) is 12.4 Å². The number of Topliss-reactive ketones (excluding diaryl/α,β-unsaturated/α-hetero) is 1. The Hall–Kier alpha value is -3.41. The number of nitrogens with one attached hydrogen (secondary N) is 1. The molecule has 126 valence electrons. The molecule has 0 spiro atoms. The summed E-state index contributed by atoms with van der Waals surface area (Å²) in [5.74, 6) is -2.07. The Morgan fingerprint density at radius 1 is 0.960 bits per heavy atom. The molecule has 0 radical (unpaired) electrons. The van der Waals surface area contributed by atoms with Gasteiger partial charge in [0.05, 0.1) is 23.9 Å². The fourth-order valence-corrected chi connectivity index (χ4v) is 2.70. The van der Waals surface area contributed by atoms with Crippen LogP contribution in [0.15, 0.2) is 54.7 Å². The number of benzene rings is 2. The number of hydrogen-bond donors (Lipinski definition) is 1. The topological polar surface area (TPSA) is 77.4 Å². The first-order chi connectivity index (χ1) is 12.0. The smallest absolute Gasteiger partial charge is 0.339 e. The first-order valence-electron chi connectivity index (χ1n) is 7.60. The minimum absolute atomic E-state index is 0.184. The summed E-state index contributed by atoms with van der Waals surface area (Å²) in [5, 5.41) is 3.20. The van der Waals surface area contributed by atoms with Crippen LogP contribution in [-0.4, -0.2) is 29.3 Å². The van der Waals surface area contributed by atoms with E-state index in [4.69, 9.17) is 0 Å². The van der Waals surface area contributed by atoms with Crippen molar-refractivity contribution in [1.29, 1.82) is 0 Å². The van der Waals surface area contributed by atoms with Crippen LogP contribution in [0.25, 0.3) is 10.9 Å². The number of aryl methyl sites for hydroxylation is 1. The summed E-state index contributed by atoms with van der Waals surface area (Å²) in [7, 11) is 3.06. The highest BCUT2D eigenvalue weighted by atomic mass is 16.5. The number of rotatable bonds is 4. The van der Waals surface area contributed by atoms with Crippen LogP contribution in [0, 0.1) is 0 Å². The van der Waals surface area contributed by atoms with Gasteiger partial charge in [0.25, 0.3) is 11.7 Å². The third-order valence-corrected chi connectivity index (χ3v) is 3.93. The van der Waals surface area contributed by atoms with E-state index in [0.29, 0.717) is 10.9 Å². The number of aromatic nitrogens is 1. The zero-order chi connectivity index (χ0) is 18.0. The summed E-state index contributed by atoms with van der Waals surface area (Å²) >= 11 is 0. The van der Waals surface area contributed by atoms with E-state index < -0.39 is 17.7 Å². The van der Waals surface area contributed by atoms with E-state index in [2.05, 4.69) is 10.1 Å². The summed E-state index contributed by atoms with van der Waals surface area (Å²) in [4.78, 5) is 36.8. The zero-order valence-corrected chi connectivity index (χ0v) is 13.8. The second kappa shape index (κ2) is 6.60. The van der Waals surface area contributed by atoms with E-state index >= 15 is 0 Å². The van der Waals surface area contributed by atoms with E-state index in [1.54, 1.807) is 35.0 Å². The Morgan fingerprint density at radius 3 is 2.40 bits per heavy atom. The molecule has 0 unspecified atom stereocenters. The Kier molecular flexibility index (Phi) is 4.35. The Bertz CT molecular complexity index is 988. The summed E-state index contributed by atoms with van der Waals surface area (Å²) in [5.41, 5.74) is 1.58. The van der Waals surface area contributed by atoms with Crippen LogP contribution in [0.1, 0.15) is 20.7 Å². The van der Waals surface area contributed by atoms with Gasteiger partial charge in [-0.1, -0.05) is 30.3 Å². The second-order valence-electron chi connectivity index (χ2n) is 5.49. The number of nitrogens with zero attached hydrogens (tertiary/aromatic N) is 1. The second-order valence-corrected chi connectivity index (χ2v) is 5.49. The van der Waals surface area contributed by atoms with E-state index in [-0.39, 0.29) is 11.3 Å². The van der Waals surface area contributed by atoms with Crippen LogP contribution >= 0.6 is 0 Å². The molecule has 3 rings (SSSR count). The van der Waals surface area contributed by atoms with Gasteiger partial charge in [-0.3, -0.25) is 9.59 Å². The van der Waals surface area contributed by atoms with Crippen molar-refractivity contribution in [2.45, 2.75) is 0 Å². The maximum absolute atomic E-state index is 12.6. The normalized spacial score (nSPS) is 10.5. The first-order valence-corrected chi connectivity index (χ1v) is 7.60. The third kappa shape index (κ3) is 3.01. The molecule has 0 aliphatic rings. The molecule has 0 bridgehead atoms. The maximum atomic E-state index is 12.6. The predicted octanol–water partition coefficient (Wildman–Crippen LogP) is 2.79. The van der Waals surface area contributed by atoms with E-state index in [9.17, 15) is 14.4 Å². The standard InChI is InChI=1S/C19H16N2O4/c1-21-11-14(12-7-4-6-10-16(12)21)17(22)18(23)20-15-9-5-3-8-13(15)19(24)25-2/h3-11H,1-2H3,(H,20,23). The molecule has 0 fully saturated rings. The number of carbonyl (C=O) groups excluding carboxylic acids is 3. The molecule has 0 aliphatic heterocycles. The minimum Gasteiger partial charge on any atom is -0.465 e. The summed E-state index contributed by atoms with van der Waals surface area (Å²) < 4.78 is 6.48. The van der Waals surface area contributed by atoms with Gasteiger partial charge in [0.15, 0.2) is 0 Å². The number of amides is 1. The van der Waals surface area contributed by atoms with Crippen LogP contribution in [0.5, 0.6) is 0 Å². The number of ether oxygens (including phenoxy) is 1. The lowest BCUT2D eigenvalue weighted by Crippen LogP contribution is -2.24. The van der Waals surface area contributed by atoms with Gasteiger partial charge in [0, 0.05) is 24.1 Å². The SMILES string of the molecule is COC(=O)c1ccccc1NC(=O)C(=O)c1cn(C)c2ccccc12. The third-order valence-electron chi connectivity index (χ3n) is 3.93. The molecule has 6 nitrogen and oxygen atoms in total. The summed E-state index contributed by atoms with van der Waals surface area (Å²) in [6.07, 6.45) is 1.62. The fourth-order valence-electron chi connectivity index (χ4n) is 2.70. The number of anilines is 1. The van der Waals surface area contributed by atoms with Crippen LogP contribution < -0.4 is 5.32 Å². The van der Waals surface area contributed by atoms with Gasteiger partial charge in [0.2, 0.25) is 0 Å². The van der Waals surface area contributed by atoms with Crippen molar-refractivity contribution in [3.05, 3.63) is 65.9 Å². The molecule has 6 heteroatoms. The van der Waals surface area contributed by atoms with Crippen molar-refractivity contribution in [3.8, 4) is 0 Å². The lowest BCUT2D eigenvalue weighted by molar-refractivity contribution is -0.112. The quantitative estimate of drug-likeness (QED) is 0.451. The molecule has 1 N–H and O–H groups in total. The largest absolute Gasteiger partial charge is 0.465 e. The van der Waals surface area contributed by atoms with Crippen molar-refractivity contribution in [3.63, 3.8) is 0 Å². The van der Waals surface area contributed by atoms with E-state index in [1.807, 2.05) is 25.2 Å². The van der Waals surface area contributed by atoms with Gasteiger partial charge in [0.1, 0.15) is 0 Å². The van der Waals surface area contributed by atoms with Crippen molar-refractivity contribution < 1.29 is 19.1 Å². The van der Waals surface area contributed by atoms with Gasteiger partial charge >= 0.3 is 5.97 Å². The molecular formula is C19H16N2O4. The van der Waals surface area contributed by atoms with Gasteiger partial charge in [-0.15, -0.1) is 0 Å². The van der Waals surface area contributed by atoms with Gasteiger partial charge in [-0.05, 0) is 18.2 Å². The number of hydrogen-bond acceptors (Lipinski definition) is 4. The van der Waals surface area contributed by atoms with Crippen LogP contribution in [-0.2, 0) is 16.6 Å². The molecule has 2 aromatic carbocycles. The molecule has 0 aliphatic carbocycles. The monoisotopic (exact) mass is 336 g/mol. The molecule has 1 aromatic heterocycles. The van der Waals surface area contributed by atoms with Crippen LogP contribution in [0.2, 0.25) is 0 Å². The fraction of sp³-hybridized carbons (Fsp3) is 0.105. The van der Waals surface area contributed by atoms with Crippen molar-refractivity contribution in [2.24, 2.45) is 7.05 Å². The van der Waals surface area contributed by atoms with Gasteiger partial charge in [-0.25, -0.2) is 4.79 Å². The molecular weight excluding hydrogens is 320 g/mol. The highest BCUT2D eigenvalue weighted by Gasteiger charge is 2.22. The molecule has 3 aromatic rings. The van der Waals surface area contributed by atoms with Crippen molar-refractivity contribution in [1.82, 2.24) is 4.57 Å². The molecule has 0 atom stereocenters. The van der Waals surface area contributed by atoms with E-state index in [1.165, 1.54) is 13.2 Å². The number of fused-ring (bicyclic) bond motifs is 1. The lowest BCUT2D eigenvalue weighted by Gasteiger charge is -2.08. The molecule has 0 saturated carbocycles. The number of methoxy groups -OCH3 is 1. The summed E-state index contributed by atoms with van der Waals surface area (Å²) in [6.45, 7) is 0. The average molecular weight is 336 g/mol. The molecule has 0 saturated heterocycles. The molecule has 1 amide bonds. The highest BCUT2D eigenvalue weighted by Crippen LogP contribution is 2.22. The van der Waals surface area contributed by atoms with Crippen molar-refractivity contribution >= 4 is 34.3 Å². The summed E-state index contributed by atoms with van der Waals surface area (Å²) in [6, 6.07) is 13.7. The van der Waals surface area contributed by atoms with Gasteiger partial charge < -0.3 is 14.6 Å². The average Bonchev–Trinajstić information content (AvgIpc) is 2.98. The highest BCUT2D eigenvalue weighted by molar-refractivity contribution is 6.48. The number of para-hydroxylation sites is 2. The zero-order valence-electron chi connectivity index (χ0n) is 13.8.